The molecule has 3 heteroatoms. The molecule has 0 radical (unpaired) electrons. The van der Waals surface area contributed by atoms with Crippen LogP contribution in [-0.4, -0.2) is 14.5 Å². The summed E-state index contributed by atoms with van der Waals surface area (Å²) >= 11 is 0. The molecule has 0 saturated heterocycles. The average Bonchev–Trinajstić information content (AvgIpc) is 3.47. The maximum atomic E-state index is 5.37. The maximum Gasteiger partial charge on any atom is 0.162 e. The van der Waals surface area contributed by atoms with E-state index in [1.165, 1.54) is 43.8 Å². The lowest BCUT2D eigenvalue weighted by atomic mass is 9.82. The average molecular weight is 538 g/mol. The molecule has 0 bridgehead atoms. The molecule has 3 nitrogen and oxygen atoms in total. The van der Waals surface area contributed by atoms with Crippen LogP contribution in [0.2, 0.25) is 0 Å². The summed E-state index contributed by atoms with van der Waals surface area (Å²) in [5.74, 6) is 1.64. The van der Waals surface area contributed by atoms with Crippen LogP contribution in [0.15, 0.2) is 127 Å². The highest BCUT2D eigenvalue weighted by molar-refractivity contribution is 6.14. The smallest absolute Gasteiger partial charge is 0.162 e. The normalized spacial score (nSPS) is 13.7. The Hall–Kier alpha value is -5.28. The molecule has 8 aromatic rings. The summed E-state index contributed by atoms with van der Waals surface area (Å²) in [4.78, 5) is 10.5. The van der Waals surface area contributed by atoms with E-state index in [9.17, 15) is 0 Å². The van der Waals surface area contributed by atoms with Crippen LogP contribution >= 0.6 is 0 Å². The van der Waals surface area contributed by atoms with Crippen molar-refractivity contribution in [2.45, 2.75) is 19.3 Å². The van der Waals surface area contributed by atoms with Gasteiger partial charge in [0.25, 0.3) is 0 Å². The largest absolute Gasteiger partial charge is 0.293 e. The molecule has 0 aliphatic heterocycles. The first kappa shape index (κ1) is 23.4. The van der Waals surface area contributed by atoms with E-state index < -0.39 is 0 Å². The Bertz CT molecular complexity index is 2390. The van der Waals surface area contributed by atoms with Crippen LogP contribution < -0.4 is 0 Å². The minimum absolute atomic E-state index is 0.0878. The maximum absolute atomic E-state index is 5.37. The Morgan fingerprint density at radius 3 is 2.10 bits per heavy atom. The van der Waals surface area contributed by atoms with Crippen LogP contribution in [-0.2, 0) is 5.41 Å². The zero-order valence-corrected chi connectivity index (χ0v) is 23.5. The highest BCUT2D eigenvalue weighted by atomic mass is 15.1. The van der Waals surface area contributed by atoms with Gasteiger partial charge >= 0.3 is 0 Å². The fourth-order valence-corrected chi connectivity index (χ4v) is 7.09. The number of benzene rings is 6. The summed E-state index contributed by atoms with van der Waals surface area (Å²) in [6, 6.07) is 45.7. The molecule has 2 heterocycles. The number of hydrogen-bond donors (Lipinski definition) is 0. The third kappa shape index (κ3) is 3.16. The zero-order valence-electron chi connectivity index (χ0n) is 23.5. The van der Waals surface area contributed by atoms with Gasteiger partial charge in [-0.05, 0) is 69.4 Å². The first-order valence-corrected chi connectivity index (χ1v) is 14.5. The zero-order chi connectivity index (χ0) is 28.0. The highest BCUT2D eigenvalue weighted by Crippen LogP contribution is 2.49. The fourth-order valence-electron chi connectivity index (χ4n) is 7.09. The topological polar surface area (TPSA) is 30.7 Å². The van der Waals surface area contributed by atoms with E-state index in [1.54, 1.807) is 0 Å². The lowest BCUT2D eigenvalue weighted by Crippen LogP contribution is -2.15. The van der Waals surface area contributed by atoms with Crippen molar-refractivity contribution in [1.82, 2.24) is 14.5 Å². The molecule has 0 spiro atoms. The SMILES string of the molecule is CC1(C)c2ccccc2-c2ccc(-c3nc(-n4c5ccccc5c5cc6ccccc6cc54)c4ccccc4n3)cc21. The number of fused-ring (bicyclic) bond motifs is 8. The van der Waals surface area contributed by atoms with E-state index in [2.05, 4.69) is 146 Å². The molecule has 0 unspecified atom stereocenters. The molecule has 9 rings (SSSR count). The Balaban J connectivity index is 1.34. The van der Waals surface area contributed by atoms with Gasteiger partial charge in [-0.25, -0.2) is 9.97 Å². The van der Waals surface area contributed by atoms with Crippen LogP contribution in [0.25, 0.3) is 71.8 Å². The van der Waals surface area contributed by atoms with Crippen molar-refractivity contribution in [3.8, 4) is 28.3 Å². The van der Waals surface area contributed by atoms with Crippen molar-refractivity contribution in [3.05, 3.63) is 139 Å². The lowest BCUT2D eigenvalue weighted by Gasteiger charge is -2.22. The molecule has 198 valence electrons. The van der Waals surface area contributed by atoms with Crippen molar-refractivity contribution in [2.75, 3.05) is 0 Å². The molecule has 0 amide bonds. The summed E-state index contributed by atoms with van der Waals surface area (Å²) in [7, 11) is 0. The van der Waals surface area contributed by atoms with E-state index in [0.29, 0.717) is 0 Å². The molecule has 1 aliphatic rings. The Morgan fingerprint density at radius 2 is 1.21 bits per heavy atom. The first-order chi connectivity index (χ1) is 20.6. The number of rotatable bonds is 2. The van der Waals surface area contributed by atoms with Gasteiger partial charge in [0.1, 0.15) is 5.82 Å². The van der Waals surface area contributed by atoms with Gasteiger partial charge in [-0.1, -0.05) is 105 Å². The van der Waals surface area contributed by atoms with Gasteiger partial charge in [-0.3, -0.25) is 4.57 Å². The van der Waals surface area contributed by atoms with Gasteiger partial charge in [-0.15, -0.1) is 0 Å². The summed E-state index contributed by atoms with van der Waals surface area (Å²) < 4.78 is 2.33. The number of nitrogens with zero attached hydrogens (tertiary/aromatic N) is 3. The molecule has 2 aromatic heterocycles. The van der Waals surface area contributed by atoms with Crippen molar-refractivity contribution in [3.63, 3.8) is 0 Å². The standard InChI is InChI=1S/C39H27N3/c1-39(2)32-16-8-5-13-27(32)28-20-19-26(22-33(28)39)37-40-34-17-9-6-15-30(34)38(41-37)42-35-18-10-7-14-29(35)31-21-24-11-3-4-12-25(24)23-36(31)42/h3-23H,1-2H3. The number of aromatic nitrogens is 3. The van der Waals surface area contributed by atoms with Crippen molar-refractivity contribution >= 4 is 43.5 Å². The summed E-state index contributed by atoms with van der Waals surface area (Å²) in [6.45, 7) is 4.63. The second kappa shape index (κ2) is 8.37. The predicted octanol–water partition coefficient (Wildman–Crippen LogP) is 9.85. The van der Waals surface area contributed by atoms with Gasteiger partial charge in [0.2, 0.25) is 0 Å². The van der Waals surface area contributed by atoms with Gasteiger partial charge in [0.15, 0.2) is 5.82 Å². The lowest BCUT2D eigenvalue weighted by molar-refractivity contribution is 0.660. The quantitative estimate of drug-likeness (QED) is 0.220. The Morgan fingerprint density at radius 1 is 0.524 bits per heavy atom. The minimum atomic E-state index is -0.0878. The highest BCUT2D eigenvalue weighted by Gasteiger charge is 2.35. The van der Waals surface area contributed by atoms with E-state index in [-0.39, 0.29) is 5.41 Å². The minimum Gasteiger partial charge on any atom is -0.293 e. The molecule has 42 heavy (non-hydrogen) atoms. The van der Waals surface area contributed by atoms with Crippen LogP contribution in [0.4, 0.5) is 0 Å². The molecule has 0 fully saturated rings. The summed E-state index contributed by atoms with van der Waals surface area (Å²) in [5.41, 5.74) is 9.49. The van der Waals surface area contributed by atoms with Crippen LogP contribution in [0.1, 0.15) is 25.0 Å². The van der Waals surface area contributed by atoms with Crippen LogP contribution in [0, 0.1) is 0 Å². The van der Waals surface area contributed by atoms with E-state index in [4.69, 9.17) is 9.97 Å². The number of para-hydroxylation sites is 2. The summed E-state index contributed by atoms with van der Waals surface area (Å²) in [5, 5.41) is 5.94. The molecule has 0 atom stereocenters. The van der Waals surface area contributed by atoms with Crippen molar-refractivity contribution in [1.29, 1.82) is 0 Å². The third-order valence-electron chi connectivity index (χ3n) is 9.18. The van der Waals surface area contributed by atoms with Gasteiger partial charge in [0.05, 0.1) is 16.6 Å². The second-order valence-electron chi connectivity index (χ2n) is 11.9. The first-order valence-electron chi connectivity index (χ1n) is 14.5. The van der Waals surface area contributed by atoms with Crippen molar-refractivity contribution < 1.29 is 0 Å². The van der Waals surface area contributed by atoms with Gasteiger partial charge in [-0.2, -0.15) is 0 Å². The molecule has 6 aromatic carbocycles. The fraction of sp³-hybridized carbons (Fsp3) is 0.0769. The van der Waals surface area contributed by atoms with E-state index >= 15 is 0 Å². The molecular weight excluding hydrogens is 510 g/mol. The monoisotopic (exact) mass is 537 g/mol. The second-order valence-corrected chi connectivity index (χ2v) is 11.9. The van der Waals surface area contributed by atoms with Crippen molar-refractivity contribution in [2.24, 2.45) is 0 Å². The molecule has 1 aliphatic carbocycles. The van der Waals surface area contributed by atoms with Gasteiger partial charge < -0.3 is 0 Å². The van der Waals surface area contributed by atoms with E-state index in [1.807, 2.05) is 0 Å². The molecule has 0 N–H and O–H groups in total. The number of hydrogen-bond acceptors (Lipinski definition) is 2. The Kier molecular flexibility index (Phi) is 4.67. The predicted molar refractivity (Wildman–Crippen MR) is 174 cm³/mol. The van der Waals surface area contributed by atoms with E-state index in [0.717, 1.165) is 39.1 Å². The third-order valence-corrected chi connectivity index (χ3v) is 9.18. The molecule has 0 saturated carbocycles. The van der Waals surface area contributed by atoms with Crippen LogP contribution in [0.5, 0.6) is 0 Å². The Labute approximate surface area is 243 Å². The molecular formula is C39H27N3. The summed E-state index contributed by atoms with van der Waals surface area (Å²) in [6.07, 6.45) is 0. The van der Waals surface area contributed by atoms with Gasteiger partial charge in [0, 0.05) is 27.1 Å². The van der Waals surface area contributed by atoms with Crippen LogP contribution in [0.3, 0.4) is 0 Å².